The van der Waals surface area contributed by atoms with Gasteiger partial charge < -0.3 is 9.72 Å². The lowest BCUT2D eigenvalue weighted by molar-refractivity contribution is 0.219. The number of piperidine rings is 1. The lowest BCUT2D eigenvalue weighted by atomic mass is 9.95. The molecule has 1 N–H and O–H groups in total. The van der Waals surface area contributed by atoms with Crippen LogP contribution in [0.25, 0.3) is 5.65 Å². The van der Waals surface area contributed by atoms with Gasteiger partial charge in [-0.25, -0.2) is 17.7 Å². The summed E-state index contributed by atoms with van der Waals surface area (Å²) in [7, 11) is -3.08. The first-order valence-corrected chi connectivity index (χ1v) is 9.81. The molecule has 2 unspecified atom stereocenters. The molecule has 0 spiro atoms. The molecular weight excluding hydrogens is 312 g/mol. The molecule has 0 amide bonds. The van der Waals surface area contributed by atoms with Gasteiger partial charge in [-0.1, -0.05) is 13.0 Å². The number of sulfonamides is 1. The average molecular weight is 336 g/mol. The van der Waals surface area contributed by atoms with E-state index < -0.39 is 10.0 Å². The van der Waals surface area contributed by atoms with Crippen molar-refractivity contribution in [2.24, 2.45) is 5.92 Å². The number of pyridine rings is 1. The first-order valence-electron chi connectivity index (χ1n) is 7.96. The second kappa shape index (κ2) is 6.22. The summed E-state index contributed by atoms with van der Waals surface area (Å²) in [6.07, 6.45) is 6.06. The number of nitrogens with zero attached hydrogens (tertiary/aromatic N) is 3. The maximum atomic E-state index is 11.7. The van der Waals surface area contributed by atoms with Crippen molar-refractivity contribution in [2.45, 2.75) is 32.9 Å². The first kappa shape index (κ1) is 16.4. The van der Waals surface area contributed by atoms with E-state index in [4.69, 9.17) is 0 Å². The Kier molecular flexibility index (Phi) is 4.44. The number of hydrogen-bond donors (Lipinski definition) is 1. The van der Waals surface area contributed by atoms with Crippen LogP contribution >= 0.6 is 0 Å². The van der Waals surface area contributed by atoms with Gasteiger partial charge in [-0.15, -0.1) is 0 Å². The third-order valence-corrected chi connectivity index (χ3v) is 5.96. The molecule has 1 aliphatic rings. The zero-order chi connectivity index (χ0) is 16.6. The Morgan fingerprint density at radius 3 is 2.91 bits per heavy atom. The quantitative estimate of drug-likeness (QED) is 0.916. The molecule has 23 heavy (non-hydrogen) atoms. The highest BCUT2D eigenvalue weighted by Crippen LogP contribution is 2.19. The molecule has 2 aromatic heterocycles. The molecule has 126 valence electrons. The van der Waals surface area contributed by atoms with E-state index in [0.717, 1.165) is 29.9 Å². The van der Waals surface area contributed by atoms with Gasteiger partial charge in [0.15, 0.2) is 0 Å². The Balaban J connectivity index is 1.66. The second-order valence-electron chi connectivity index (χ2n) is 6.51. The molecule has 6 nitrogen and oxygen atoms in total. The molecular formula is C16H24N4O2S. The minimum absolute atomic E-state index is 0.291. The van der Waals surface area contributed by atoms with Crippen molar-refractivity contribution in [1.29, 1.82) is 0 Å². The Labute approximate surface area is 137 Å². The van der Waals surface area contributed by atoms with Crippen molar-refractivity contribution in [3.63, 3.8) is 0 Å². The first-order chi connectivity index (χ1) is 10.9. The number of fused-ring (bicyclic) bond motifs is 1. The summed E-state index contributed by atoms with van der Waals surface area (Å²) in [4.78, 5) is 4.48. The Morgan fingerprint density at radius 2 is 2.22 bits per heavy atom. The molecule has 7 heteroatoms. The van der Waals surface area contributed by atoms with E-state index in [1.807, 2.05) is 18.5 Å². The smallest absolute Gasteiger partial charge is 0.211 e. The highest BCUT2D eigenvalue weighted by molar-refractivity contribution is 7.88. The fourth-order valence-corrected chi connectivity index (χ4v) is 4.22. The molecule has 2 atom stereocenters. The average Bonchev–Trinajstić information content (AvgIpc) is 2.89. The lowest BCUT2D eigenvalue weighted by Gasteiger charge is -2.36. The van der Waals surface area contributed by atoms with Gasteiger partial charge in [0, 0.05) is 31.9 Å². The summed E-state index contributed by atoms with van der Waals surface area (Å²) in [5.74, 6) is 0.291. The standard InChI is InChI=1S/C16H24N4O2S/c1-12-5-4-7-20-14(10-18-16(12)20)9-17-15-6-8-19(11-13(15)2)23(3,21)22/h4-5,7,10,13,15,17H,6,8-9,11H2,1-3H3. The van der Waals surface area contributed by atoms with Crippen LogP contribution in [0.2, 0.25) is 0 Å². The van der Waals surface area contributed by atoms with Gasteiger partial charge in [0.25, 0.3) is 0 Å². The Morgan fingerprint density at radius 1 is 1.43 bits per heavy atom. The van der Waals surface area contributed by atoms with E-state index in [0.29, 0.717) is 25.0 Å². The van der Waals surface area contributed by atoms with Crippen molar-refractivity contribution in [2.75, 3.05) is 19.3 Å². The normalized spacial score (nSPS) is 23.4. The van der Waals surface area contributed by atoms with E-state index in [-0.39, 0.29) is 0 Å². The summed E-state index contributed by atoms with van der Waals surface area (Å²) in [5, 5.41) is 3.58. The van der Waals surface area contributed by atoms with Crippen molar-refractivity contribution in [3.05, 3.63) is 35.8 Å². The number of aryl methyl sites for hydroxylation is 1. The number of hydrogen-bond acceptors (Lipinski definition) is 4. The van der Waals surface area contributed by atoms with E-state index >= 15 is 0 Å². The van der Waals surface area contributed by atoms with Gasteiger partial charge in [-0.2, -0.15) is 0 Å². The topological polar surface area (TPSA) is 66.7 Å². The minimum atomic E-state index is -3.08. The van der Waals surface area contributed by atoms with E-state index in [1.54, 1.807) is 4.31 Å². The predicted molar refractivity (Wildman–Crippen MR) is 90.8 cm³/mol. The van der Waals surface area contributed by atoms with E-state index in [2.05, 4.69) is 34.6 Å². The summed E-state index contributed by atoms with van der Waals surface area (Å²) < 4.78 is 27.0. The fraction of sp³-hybridized carbons (Fsp3) is 0.562. The third-order valence-electron chi connectivity index (χ3n) is 4.69. The van der Waals surface area contributed by atoms with Crippen LogP contribution in [-0.4, -0.2) is 47.5 Å². The predicted octanol–water partition coefficient (Wildman–Crippen LogP) is 1.40. The van der Waals surface area contributed by atoms with Crippen LogP contribution in [0.1, 0.15) is 24.6 Å². The molecule has 0 aliphatic carbocycles. The van der Waals surface area contributed by atoms with Gasteiger partial charge in [0.2, 0.25) is 10.0 Å². The largest absolute Gasteiger partial charge is 0.308 e. The van der Waals surface area contributed by atoms with E-state index in [9.17, 15) is 8.42 Å². The van der Waals surface area contributed by atoms with Gasteiger partial charge in [-0.3, -0.25) is 0 Å². The van der Waals surface area contributed by atoms with Gasteiger partial charge in [0.05, 0.1) is 18.1 Å². The number of nitrogens with one attached hydrogen (secondary N) is 1. The van der Waals surface area contributed by atoms with E-state index in [1.165, 1.54) is 6.26 Å². The van der Waals surface area contributed by atoms with Crippen LogP contribution < -0.4 is 5.32 Å². The summed E-state index contributed by atoms with van der Waals surface area (Å²) >= 11 is 0. The molecule has 3 rings (SSSR count). The SMILES string of the molecule is Cc1cccn2c(CNC3CCN(S(C)(=O)=O)CC3C)cnc12. The Hall–Kier alpha value is -1.44. The second-order valence-corrected chi connectivity index (χ2v) is 8.49. The maximum absolute atomic E-state index is 11.7. The number of imidazole rings is 1. The van der Waals surface area contributed by atoms with Crippen LogP contribution in [-0.2, 0) is 16.6 Å². The molecule has 1 aliphatic heterocycles. The van der Waals surface area contributed by atoms with Crippen LogP contribution in [0, 0.1) is 12.8 Å². The van der Waals surface area contributed by atoms with Crippen molar-refractivity contribution in [1.82, 2.24) is 19.0 Å². The third kappa shape index (κ3) is 3.41. The summed E-state index contributed by atoms with van der Waals surface area (Å²) in [6, 6.07) is 4.41. The van der Waals surface area contributed by atoms with Crippen LogP contribution in [0.4, 0.5) is 0 Å². The molecule has 3 heterocycles. The highest BCUT2D eigenvalue weighted by Gasteiger charge is 2.30. The molecule has 0 aromatic carbocycles. The molecule has 0 radical (unpaired) electrons. The number of aromatic nitrogens is 2. The molecule has 1 saturated heterocycles. The van der Waals surface area contributed by atoms with Crippen molar-refractivity contribution in [3.8, 4) is 0 Å². The number of rotatable bonds is 4. The highest BCUT2D eigenvalue weighted by atomic mass is 32.2. The lowest BCUT2D eigenvalue weighted by Crippen LogP contribution is -2.49. The van der Waals surface area contributed by atoms with Crippen LogP contribution in [0.3, 0.4) is 0 Å². The van der Waals surface area contributed by atoms with Crippen molar-refractivity contribution < 1.29 is 8.42 Å². The van der Waals surface area contributed by atoms with Crippen molar-refractivity contribution >= 4 is 15.7 Å². The monoisotopic (exact) mass is 336 g/mol. The maximum Gasteiger partial charge on any atom is 0.211 e. The summed E-state index contributed by atoms with van der Waals surface area (Å²) in [6.45, 7) is 6.07. The Bertz CT molecular complexity index is 800. The zero-order valence-corrected chi connectivity index (χ0v) is 14.7. The minimum Gasteiger partial charge on any atom is -0.308 e. The van der Waals surface area contributed by atoms with Crippen LogP contribution in [0.15, 0.2) is 24.5 Å². The fourth-order valence-electron chi connectivity index (χ4n) is 3.28. The summed E-state index contributed by atoms with van der Waals surface area (Å²) in [5.41, 5.74) is 3.28. The molecule has 0 saturated carbocycles. The molecule has 2 aromatic rings. The van der Waals surface area contributed by atoms with Gasteiger partial charge in [-0.05, 0) is 30.9 Å². The molecule has 0 bridgehead atoms. The van der Waals surface area contributed by atoms with Gasteiger partial charge in [0.1, 0.15) is 5.65 Å². The zero-order valence-electron chi connectivity index (χ0n) is 13.9. The van der Waals surface area contributed by atoms with Crippen LogP contribution in [0.5, 0.6) is 0 Å². The van der Waals surface area contributed by atoms with Gasteiger partial charge >= 0.3 is 0 Å². The molecule has 1 fully saturated rings.